The number of fused-ring (bicyclic) bond motifs is 8. The Hall–Kier alpha value is -4.10. The highest BCUT2D eigenvalue weighted by Crippen LogP contribution is 2.33. The quantitative estimate of drug-likeness (QED) is 0.107. The van der Waals surface area contributed by atoms with Crippen LogP contribution in [0.3, 0.4) is 0 Å². The molecule has 0 saturated heterocycles. The molecule has 2 aliphatic heterocycles. The summed E-state index contributed by atoms with van der Waals surface area (Å²) < 4.78 is 7.77. The maximum atomic E-state index is 12.7. The first-order valence-electron chi connectivity index (χ1n) is 17.9. The normalized spacial score (nSPS) is 21.3. The molecular weight excluding hydrogens is 645 g/mol. The first kappa shape index (κ1) is 37.2. The molecule has 6 rings (SSSR count). The monoisotopic (exact) mass is 698 g/mol. The number of ether oxygens (including phenoxy) is 1. The van der Waals surface area contributed by atoms with Crippen molar-refractivity contribution in [3.63, 3.8) is 0 Å². The van der Waals surface area contributed by atoms with E-state index in [4.69, 9.17) is 16.2 Å². The minimum Gasteiger partial charge on any atom is -0.360 e. The van der Waals surface area contributed by atoms with Gasteiger partial charge in [0, 0.05) is 49.7 Å². The second-order valence-corrected chi connectivity index (χ2v) is 20.6. The maximum absolute atomic E-state index is 12.7. The molecule has 50 heavy (non-hydrogen) atoms. The fraction of sp³-hybridized carbons (Fsp3) is 0.474. The molecule has 268 valence electrons. The van der Waals surface area contributed by atoms with Gasteiger partial charge in [-0.15, -0.1) is 0 Å². The summed E-state index contributed by atoms with van der Waals surface area (Å²) in [5.41, 5.74) is 20.0. The molecule has 0 aliphatic carbocycles. The van der Waals surface area contributed by atoms with E-state index in [0.717, 1.165) is 96.2 Å². The minimum absolute atomic E-state index is 0.00556. The molecular formula is C38H54N8O3Si. The zero-order valence-corrected chi connectivity index (χ0v) is 31.2. The summed E-state index contributed by atoms with van der Waals surface area (Å²) in [5, 5.41) is 17.6. The summed E-state index contributed by atoms with van der Waals surface area (Å²) in [6.45, 7) is 12.0. The number of hydrogen-bond donors (Lipinski definition) is 5. The van der Waals surface area contributed by atoms with Crippen LogP contribution >= 0.6 is 0 Å². The Bertz CT molecular complexity index is 1750. The fourth-order valence-corrected chi connectivity index (χ4v) is 7.00. The Kier molecular flexibility index (Phi) is 12.4. The summed E-state index contributed by atoms with van der Waals surface area (Å²) in [5.74, 6) is -0.0411. The third kappa shape index (κ3) is 9.78. The first-order valence-corrected chi connectivity index (χ1v) is 21.6. The second kappa shape index (κ2) is 16.7. The number of nitrogens with zero attached hydrogens (tertiary/aromatic N) is 3. The lowest BCUT2D eigenvalue weighted by Crippen LogP contribution is -2.22. The molecule has 0 fully saturated rings. The van der Waals surface area contributed by atoms with Gasteiger partial charge in [0.2, 0.25) is 11.8 Å². The largest absolute Gasteiger partial charge is 0.360 e. The zero-order valence-electron chi connectivity index (χ0n) is 30.2. The third-order valence-corrected chi connectivity index (χ3v) is 11.3. The van der Waals surface area contributed by atoms with Gasteiger partial charge in [0.15, 0.2) is 0 Å². The van der Waals surface area contributed by atoms with Crippen LogP contribution in [-0.2, 0) is 21.1 Å². The second-order valence-electron chi connectivity index (χ2n) is 15.0. The highest BCUT2D eigenvalue weighted by Gasteiger charge is 2.22. The van der Waals surface area contributed by atoms with Crippen molar-refractivity contribution in [2.24, 2.45) is 23.3 Å². The molecule has 4 heterocycles. The number of amides is 2. The fourth-order valence-electron chi connectivity index (χ4n) is 6.25. The van der Waals surface area contributed by atoms with Crippen molar-refractivity contribution in [2.75, 3.05) is 17.2 Å². The predicted octanol–water partition coefficient (Wildman–Crippen LogP) is 7.46. The van der Waals surface area contributed by atoms with Crippen molar-refractivity contribution in [2.45, 2.75) is 96.9 Å². The smallest absolute Gasteiger partial charge is 0.227 e. The van der Waals surface area contributed by atoms with E-state index in [1.165, 1.54) is 0 Å². The molecule has 0 radical (unpaired) electrons. The van der Waals surface area contributed by atoms with Gasteiger partial charge in [-0.1, -0.05) is 82.7 Å². The average Bonchev–Trinajstić information content (AvgIpc) is 3.72. The van der Waals surface area contributed by atoms with Crippen LogP contribution in [0.5, 0.6) is 0 Å². The van der Waals surface area contributed by atoms with Gasteiger partial charge in [0.25, 0.3) is 0 Å². The molecule has 4 aromatic rings. The van der Waals surface area contributed by atoms with Crippen LogP contribution < -0.4 is 22.1 Å². The highest BCUT2D eigenvalue weighted by atomic mass is 28.3. The van der Waals surface area contributed by atoms with Gasteiger partial charge in [0.05, 0.1) is 35.2 Å². The lowest BCUT2D eigenvalue weighted by atomic mass is 9.95. The number of hydrogen-bond acceptors (Lipinski definition) is 7. The molecule has 4 atom stereocenters. The van der Waals surface area contributed by atoms with E-state index < -0.39 is 8.07 Å². The zero-order chi connectivity index (χ0) is 35.8. The topological polar surface area (TPSA) is 166 Å². The van der Waals surface area contributed by atoms with Gasteiger partial charge in [-0.05, 0) is 55.0 Å². The standard InChI is InChI=1S/C22H34N4O2Si.C16H20N4O/c1-16-7-5-10-19(23)17-8-6-9-18(13-17)21-20(25-22(16)27)14-24-26(21)15-28-11-12-29(2,3)4;1-10-4-2-7-13(17)11-5-3-6-12(8-11)15-14(9-18-20-15)19-16(10)21/h6,8-9,13-14,16,19H,5,7,10-12,15,23H2,1-4H3,(H,25,27);3,5-6,8-10,13H,2,4,7,17H2,1H3,(H,18,20)(H,19,21)/t16-,19+;10-,13+/m11/s1. The number of benzene rings is 2. The number of nitrogens with two attached hydrogens (primary N) is 2. The summed E-state index contributed by atoms with van der Waals surface area (Å²) in [6, 6.07) is 17.4. The Morgan fingerprint density at radius 3 is 2.02 bits per heavy atom. The van der Waals surface area contributed by atoms with Crippen LogP contribution in [0.15, 0.2) is 60.9 Å². The van der Waals surface area contributed by atoms with Crippen molar-refractivity contribution in [1.29, 1.82) is 0 Å². The van der Waals surface area contributed by atoms with Crippen LogP contribution in [0.4, 0.5) is 11.4 Å². The molecule has 2 amide bonds. The number of aromatic amines is 1. The van der Waals surface area contributed by atoms with Gasteiger partial charge >= 0.3 is 0 Å². The SMILES string of the molecule is C[C@@H]1CCC[C@H](N)c2cccc(c2)-c2[nH]ncc2NC1=O.C[C@@H]1CCC[C@H](N)c2cccc(c2)-c2c(cnn2COCC[Si](C)(C)C)NC1=O. The van der Waals surface area contributed by atoms with Crippen molar-refractivity contribution in [3.8, 4) is 22.5 Å². The Labute approximate surface area is 296 Å². The van der Waals surface area contributed by atoms with E-state index in [2.05, 4.69) is 69.8 Å². The van der Waals surface area contributed by atoms with Gasteiger partial charge in [-0.25, -0.2) is 4.68 Å². The van der Waals surface area contributed by atoms with E-state index >= 15 is 0 Å². The molecule has 12 heteroatoms. The van der Waals surface area contributed by atoms with Crippen molar-refractivity contribution >= 4 is 31.3 Å². The lowest BCUT2D eigenvalue weighted by Gasteiger charge is -2.19. The van der Waals surface area contributed by atoms with Crippen LogP contribution in [0.1, 0.15) is 75.6 Å². The molecule has 0 saturated carbocycles. The van der Waals surface area contributed by atoms with E-state index in [0.29, 0.717) is 6.73 Å². The number of nitrogens with one attached hydrogen (secondary N) is 3. The molecule has 4 bridgehead atoms. The van der Waals surface area contributed by atoms with E-state index in [1.54, 1.807) is 12.4 Å². The number of aromatic nitrogens is 4. The summed E-state index contributed by atoms with van der Waals surface area (Å²) >= 11 is 0. The van der Waals surface area contributed by atoms with Crippen LogP contribution in [-0.4, -0.2) is 46.5 Å². The van der Waals surface area contributed by atoms with Crippen molar-refractivity contribution < 1.29 is 14.3 Å². The van der Waals surface area contributed by atoms with E-state index in [-0.39, 0.29) is 35.7 Å². The van der Waals surface area contributed by atoms with Crippen LogP contribution in [0.2, 0.25) is 25.7 Å². The minimum atomic E-state index is -1.15. The third-order valence-electron chi connectivity index (χ3n) is 9.60. The molecule has 7 N–H and O–H groups in total. The molecule has 0 unspecified atom stereocenters. The van der Waals surface area contributed by atoms with E-state index in [9.17, 15) is 9.59 Å². The van der Waals surface area contributed by atoms with Gasteiger partial charge < -0.3 is 26.8 Å². The van der Waals surface area contributed by atoms with Crippen molar-refractivity contribution in [1.82, 2.24) is 20.0 Å². The Morgan fingerprint density at radius 1 is 0.820 bits per heavy atom. The molecule has 2 aromatic heterocycles. The van der Waals surface area contributed by atoms with Gasteiger partial charge in [-0.3, -0.25) is 14.7 Å². The molecule has 2 aliphatic rings. The number of H-pyrrole nitrogens is 1. The Morgan fingerprint density at radius 2 is 1.40 bits per heavy atom. The molecule has 11 nitrogen and oxygen atoms in total. The number of carbonyl (C=O) groups excluding carboxylic acids is 2. The van der Waals surface area contributed by atoms with Crippen LogP contribution in [0.25, 0.3) is 22.5 Å². The maximum Gasteiger partial charge on any atom is 0.227 e. The number of anilines is 2. The van der Waals surface area contributed by atoms with Gasteiger partial charge in [-0.2, -0.15) is 10.2 Å². The van der Waals surface area contributed by atoms with Crippen molar-refractivity contribution in [3.05, 3.63) is 72.1 Å². The molecule has 0 spiro atoms. The highest BCUT2D eigenvalue weighted by molar-refractivity contribution is 6.76. The predicted molar refractivity (Wildman–Crippen MR) is 203 cm³/mol. The summed E-state index contributed by atoms with van der Waals surface area (Å²) in [7, 11) is -1.15. The number of carbonyl (C=O) groups is 2. The van der Waals surface area contributed by atoms with Crippen LogP contribution in [0, 0.1) is 11.8 Å². The number of rotatable bonds is 5. The van der Waals surface area contributed by atoms with Gasteiger partial charge in [0.1, 0.15) is 6.73 Å². The first-order chi connectivity index (χ1) is 23.9. The van der Waals surface area contributed by atoms with E-state index in [1.807, 2.05) is 42.8 Å². The Balaban J connectivity index is 0.000000204. The lowest BCUT2D eigenvalue weighted by molar-refractivity contribution is -0.120. The average molecular weight is 699 g/mol. The molecule has 2 aromatic carbocycles. The summed E-state index contributed by atoms with van der Waals surface area (Å²) in [4.78, 5) is 24.9. The summed E-state index contributed by atoms with van der Waals surface area (Å²) in [6.07, 6.45) is 8.66.